The van der Waals surface area contributed by atoms with E-state index in [0.717, 1.165) is 6.42 Å². The van der Waals surface area contributed by atoms with Gasteiger partial charge in [-0.3, -0.25) is 4.79 Å². The molecule has 0 aliphatic carbocycles. The topological polar surface area (TPSA) is 72.5 Å². The fourth-order valence-electron chi connectivity index (χ4n) is 1.61. The van der Waals surface area contributed by atoms with Crippen LogP contribution in [0.4, 0.5) is 5.69 Å². The van der Waals surface area contributed by atoms with Crippen LogP contribution >= 0.6 is 0 Å². The number of benzene rings is 1. The summed E-state index contributed by atoms with van der Waals surface area (Å²) in [7, 11) is -1.66. The van der Waals surface area contributed by atoms with Crippen molar-refractivity contribution < 1.29 is 17.9 Å². The van der Waals surface area contributed by atoms with Crippen LogP contribution in [0.15, 0.2) is 29.2 Å². The van der Waals surface area contributed by atoms with Crippen LogP contribution in [-0.2, 0) is 19.4 Å². The largest absolute Gasteiger partial charge is 0.385 e. The molecule has 0 aromatic heterocycles. The molecule has 0 fully saturated rings. The van der Waals surface area contributed by atoms with Gasteiger partial charge in [-0.05, 0) is 37.1 Å². The van der Waals surface area contributed by atoms with Crippen molar-refractivity contribution in [1.82, 2.24) is 0 Å². The normalized spacial score (nSPS) is 11.3. The molecular weight excluding hydrogens is 266 g/mol. The van der Waals surface area contributed by atoms with E-state index in [-0.39, 0.29) is 16.6 Å². The van der Waals surface area contributed by atoms with E-state index in [1.807, 2.05) is 0 Å². The summed E-state index contributed by atoms with van der Waals surface area (Å²) in [5, 5.41) is 2.59. The summed E-state index contributed by atoms with van der Waals surface area (Å²) in [6.07, 6.45) is 1.29. The Morgan fingerprint density at radius 2 is 1.84 bits per heavy atom. The van der Waals surface area contributed by atoms with Crippen molar-refractivity contribution in [3.8, 4) is 0 Å². The second-order valence-electron chi connectivity index (χ2n) is 4.22. The van der Waals surface area contributed by atoms with E-state index >= 15 is 0 Å². The van der Waals surface area contributed by atoms with Crippen molar-refractivity contribution in [2.75, 3.05) is 24.8 Å². The average Bonchev–Trinajstić information content (AvgIpc) is 2.35. The number of hydrogen-bond donors (Lipinski definition) is 1. The average molecular weight is 285 g/mol. The first-order valence-corrected chi connectivity index (χ1v) is 7.70. The molecule has 0 unspecified atom stereocenters. The summed E-state index contributed by atoms with van der Waals surface area (Å²) < 4.78 is 28.9. The Morgan fingerprint density at radius 1 is 1.21 bits per heavy atom. The number of nitrogens with one attached hydrogen (secondary N) is 1. The lowest BCUT2D eigenvalue weighted by atomic mass is 10.3. The second-order valence-corrected chi connectivity index (χ2v) is 6.33. The summed E-state index contributed by atoms with van der Waals surface area (Å²) in [6.45, 7) is 1.97. The van der Waals surface area contributed by atoms with Gasteiger partial charge in [0.15, 0.2) is 9.84 Å². The molecule has 1 aromatic carbocycles. The van der Waals surface area contributed by atoms with Gasteiger partial charge in [-0.15, -0.1) is 0 Å². The number of unbranched alkanes of at least 4 members (excludes halogenated alkanes) is 1. The lowest BCUT2D eigenvalue weighted by Crippen LogP contribution is -2.09. The van der Waals surface area contributed by atoms with Gasteiger partial charge in [0, 0.05) is 26.3 Å². The van der Waals surface area contributed by atoms with E-state index < -0.39 is 9.84 Å². The fourth-order valence-corrected chi connectivity index (χ4v) is 2.98. The highest BCUT2D eigenvalue weighted by Gasteiger charge is 2.13. The van der Waals surface area contributed by atoms with Gasteiger partial charge < -0.3 is 10.1 Å². The SMILES string of the molecule is COCCCCS(=O)(=O)c1ccc(NC(C)=O)cc1. The smallest absolute Gasteiger partial charge is 0.221 e. The number of methoxy groups -OCH3 is 1. The van der Waals surface area contributed by atoms with Gasteiger partial charge in [-0.1, -0.05) is 0 Å². The van der Waals surface area contributed by atoms with E-state index in [9.17, 15) is 13.2 Å². The summed E-state index contributed by atoms with van der Waals surface area (Å²) >= 11 is 0. The minimum Gasteiger partial charge on any atom is -0.385 e. The highest BCUT2D eigenvalue weighted by molar-refractivity contribution is 7.91. The van der Waals surface area contributed by atoms with Crippen molar-refractivity contribution in [1.29, 1.82) is 0 Å². The van der Waals surface area contributed by atoms with Gasteiger partial charge >= 0.3 is 0 Å². The molecule has 6 heteroatoms. The van der Waals surface area contributed by atoms with E-state index in [1.54, 1.807) is 19.2 Å². The molecule has 0 atom stereocenters. The third-order valence-electron chi connectivity index (χ3n) is 2.55. The van der Waals surface area contributed by atoms with Gasteiger partial charge in [0.1, 0.15) is 0 Å². The predicted molar refractivity (Wildman–Crippen MR) is 73.9 cm³/mol. The maximum absolute atomic E-state index is 12.0. The number of carbonyl (C=O) groups is 1. The Labute approximate surface area is 113 Å². The van der Waals surface area contributed by atoms with Crippen LogP contribution in [0.1, 0.15) is 19.8 Å². The number of amides is 1. The molecule has 0 aliphatic rings. The fraction of sp³-hybridized carbons (Fsp3) is 0.462. The summed E-state index contributed by atoms with van der Waals surface area (Å²) in [4.78, 5) is 11.1. The van der Waals surface area contributed by atoms with E-state index in [0.29, 0.717) is 18.7 Å². The molecule has 1 rings (SSSR count). The number of hydrogen-bond acceptors (Lipinski definition) is 4. The van der Waals surface area contributed by atoms with Crippen molar-refractivity contribution in [2.45, 2.75) is 24.7 Å². The van der Waals surface area contributed by atoms with Crippen LogP contribution in [0.2, 0.25) is 0 Å². The minimum absolute atomic E-state index is 0.107. The quantitative estimate of drug-likeness (QED) is 0.776. The van der Waals surface area contributed by atoms with Gasteiger partial charge in [0.05, 0.1) is 10.6 Å². The lowest BCUT2D eigenvalue weighted by molar-refractivity contribution is -0.114. The highest BCUT2D eigenvalue weighted by atomic mass is 32.2. The molecule has 0 aliphatic heterocycles. The third-order valence-corrected chi connectivity index (χ3v) is 4.36. The Balaban J connectivity index is 2.65. The molecule has 1 amide bonds. The molecule has 0 bridgehead atoms. The zero-order chi connectivity index (χ0) is 14.3. The van der Waals surface area contributed by atoms with E-state index in [4.69, 9.17) is 4.74 Å². The first-order chi connectivity index (χ1) is 8.95. The van der Waals surface area contributed by atoms with Crippen LogP contribution in [0.3, 0.4) is 0 Å². The number of carbonyl (C=O) groups excluding carboxylic acids is 1. The molecule has 0 saturated heterocycles. The van der Waals surface area contributed by atoms with Crippen molar-refractivity contribution in [3.05, 3.63) is 24.3 Å². The Bertz CT molecular complexity index is 508. The Hall–Kier alpha value is -1.40. The van der Waals surface area contributed by atoms with Crippen LogP contribution in [0, 0.1) is 0 Å². The predicted octanol–water partition coefficient (Wildman–Crippen LogP) is 1.85. The Morgan fingerprint density at radius 3 is 2.37 bits per heavy atom. The van der Waals surface area contributed by atoms with Gasteiger partial charge in [0.2, 0.25) is 5.91 Å². The highest BCUT2D eigenvalue weighted by Crippen LogP contribution is 2.16. The molecule has 0 heterocycles. The van der Waals surface area contributed by atoms with Gasteiger partial charge in [0.25, 0.3) is 0 Å². The van der Waals surface area contributed by atoms with Gasteiger partial charge in [-0.2, -0.15) is 0 Å². The number of ether oxygens (including phenoxy) is 1. The third kappa shape index (κ3) is 5.40. The molecule has 19 heavy (non-hydrogen) atoms. The Kier molecular flexibility index (Phi) is 5.98. The number of anilines is 1. The van der Waals surface area contributed by atoms with E-state index in [1.165, 1.54) is 19.1 Å². The molecule has 0 radical (unpaired) electrons. The number of sulfone groups is 1. The molecule has 0 spiro atoms. The van der Waals surface area contributed by atoms with Crippen molar-refractivity contribution >= 4 is 21.4 Å². The molecule has 1 N–H and O–H groups in total. The second kappa shape index (κ2) is 7.25. The molecular formula is C13H19NO4S. The van der Waals surface area contributed by atoms with Gasteiger partial charge in [-0.25, -0.2) is 8.42 Å². The van der Waals surface area contributed by atoms with Crippen molar-refractivity contribution in [3.63, 3.8) is 0 Å². The first kappa shape index (κ1) is 15.7. The molecule has 0 saturated carbocycles. The van der Waals surface area contributed by atoms with Crippen LogP contribution in [0.25, 0.3) is 0 Å². The molecule has 1 aromatic rings. The summed E-state index contributed by atoms with van der Waals surface area (Å²) in [5.74, 6) is -0.0780. The first-order valence-electron chi connectivity index (χ1n) is 6.05. The van der Waals surface area contributed by atoms with Crippen LogP contribution in [0.5, 0.6) is 0 Å². The van der Waals surface area contributed by atoms with Crippen LogP contribution < -0.4 is 5.32 Å². The minimum atomic E-state index is -3.25. The summed E-state index contributed by atoms with van der Waals surface area (Å²) in [6, 6.07) is 6.20. The maximum atomic E-state index is 12.0. The van der Waals surface area contributed by atoms with Crippen LogP contribution in [-0.4, -0.2) is 33.8 Å². The number of rotatable bonds is 7. The summed E-state index contributed by atoms with van der Waals surface area (Å²) in [5.41, 5.74) is 0.589. The zero-order valence-corrected chi connectivity index (χ0v) is 12.0. The lowest BCUT2D eigenvalue weighted by Gasteiger charge is -2.06. The van der Waals surface area contributed by atoms with E-state index in [2.05, 4.69) is 5.32 Å². The monoisotopic (exact) mass is 285 g/mol. The molecule has 5 nitrogen and oxygen atoms in total. The molecule has 106 valence electrons. The zero-order valence-electron chi connectivity index (χ0n) is 11.2. The van der Waals surface area contributed by atoms with Crippen molar-refractivity contribution in [2.24, 2.45) is 0 Å². The maximum Gasteiger partial charge on any atom is 0.221 e. The standard InChI is InChI=1S/C13H19NO4S/c1-11(15)14-12-5-7-13(8-6-12)19(16,17)10-4-3-9-18-2/h5-8H,3-4,9-10H2,1-2H3,(H,14,15).